The van der Waals surface area contributed by atoms with Gasteiger partial charge in [-0.1, -0.05) is 18.2 Å². The summed E-state index contributed by atoms with van der Waals surface area (Å²) in [6.45, 7) is 1.56. The molecule has 0 radical (unpaired) electrons. The van der Waals surface area contributed by atoms with E-state index in [1.165, 1.54) is 0 Å². The SMILES string of the molecule is CC(O)Oc1ccc(Oc2ccccc2)cc1. The smallest absolute Gasteiger partial charge is 0.194 e. The highest BCUT2D eigenvalue weighted by Crippen LogP contribution is 2.23. The summed E-state index contributed by atoms with van der Waals surface area (Å²) in [7, 11) is 0. The molecule has 0 aromatic heterocycles. The van der Waals surface area contributed by atoms with Crippen LogP contribution >= 0.6 is 0 Å². The van der Waals surface area contributed by atoms with Crippen LogP contribution < -0.4 is 9.47 Å². The third kappa shape index (κ3) is 3.50. The quantitative estimate of drug-likeness (QED) is 0.820. The van der Waals surface area contributed by atoms with Gasteiger partial charge in [-0.05, 0) is 43.3 Å². The van der Waals surface area contributed by atoms with Crippen molar-refractivity contribution in [3.63, 3.8) is 0 Å². The van der Waals surface area contributed by atoms with Crippen LogP contribution in [0.2, 0.25) is 0 Å². The molecule has 88 valence electrons. The Morgan fingerprint density at radius 2 is 1.35 bits per heavy atom. The van der Waals surface area contributed by atoms with E-state index in [1.807, 2.05) is 30.3 Å². The van der Waals surface area contributed by atoms with Crippen LogP contribution in [-0.4, -0.2) is 11.4 Å². The Labute approximate surface area is 100 Å². The molecule has 3 heteroatoms. The van der Waals surface area contributed by atoms with E-state index in [4.69, 9.17) is 14.6 Å². The van der Waals surface area contributed by atoms with Crippen LogP contribution in [0.25, 0.3) is 0 Å². The third-order valence-corrected chi connectivity index (χ3v) is 2.11. The Balaban J connectivity index is 2.03. The van der Waals surface area contributed by atoms with E-state index in [1.54, 1.807) is 31.2 Å². The third-order valence-electron chi connectivity index (χ3n) is 2.11. The Kier molecular flexibility index (Phi) is 3.62. The highest BCUT2D eigenvalue weighted by Gasteiger charge is 2.00. The number of aliphatic hydroxyl groups is 1. The van der Waals surface area contributed by atoms with E-state index >= 15 is 0 Å². The van der Waals surface area contributed by atoms with Crippen molar-refractivity contribution < 1.29 is 14.6 Å². The van der Waals surface area contributed by atoms with Crippen molar-refractivity contribution >= 4 is 0 Å². The first-order valence-electron chi connectivity index (χ1n) is 5.42. The lowest BCUT2D eigenvalue weighted by molar-refractivity contribution is -0.000322. The summed E-state index contributed by atoms with van der Waals surface area (Å²) < 4.78 is 10.7. The van der Waals surface area contributed by atoms with Gasteiger partial charge in [-0.25, -0.2) is 0 Å². The Bertz CT molecular complexity index is 449. The lowest BCUT2D eigenvalue weighted by Gasteiger charge is -2.09. The van der Waals surface area contributed by atoms with E-state index in [0.29, 0.717) is 5.75 Å². The molecule has 3 nitrogen and oxygen atoms in total. The zero-order valence-corrected chi connectivity index (χ0v) is 9.54. The van der Waals surface area contributed by atoms with Crippen molar-refractivity contribution in [2.24, 2.45) is 0 Å². The van der Waals surface area contributed by atoms with Crippen molar-refractivity contribution in [1.82, 2.24) is 0 Å². The number of ether oxygens (including phenoxy) is 2. The van der Waals surface area contributed by atoms with Gasteiger partial charge in [0, 0.05) is 0 Å². The van der Waals surface area contributed by atoms with Crippen LogP contribution in [0, 0.1) is 0 Å². The van der Waals surface area contributed by atoms with Gasteiger partial charge in [-0.3, -0.25) is 0 Å². The van der Waals surface area contributed by atoms with Crippen molar-refractivity contribution in [2.45, 2.75) is 13.2 Å². The summed E-state index contributed by atoms with van der Waals surface area (Å²) in [5, 5.41) is 9.06. The number of para-hydroxylation sites is 1. The van der Waals surface area contributed by atoms with E-state index in [0.717, 1.165) is 11.5 Å². The number of rotatable bonds is 4. The predicted octanol–water partition coefficient (Wildman–Crippen LogP) is 3.20. The Morgan fingerprint density at radius 1 is 0.824 bits per heavy atom. The molecular weight excluding hydrogens is 216 g/mol. The highest BCUT2D eigenvalue weighted by molar-refractivity contribution is 5.35. The van der Waals surface area contributed by atoms with Gasteiger partial charge >= 0.3 is 0 Å². The summed E-state index contributed by atoms with van der Waals surface area (Å²) in [5.41, 5.74) is 0. The first-order chi connectivity index (χ1) is 8.24. The molecule has 0 saturated heterocycles. The first kappa shape index (κ1) is 11.5. The molecule has 0 aliphatic rings. The van der Waals surface area contributed by atoms with Crippen molar-refractivity contribution in [3.05, 3.63) is 54.6 Å². The topological polar surface area (TPSA) is 38.7 Å². The molecule has 1 atom stereocenters. The second kappa shape index (κ2) is 5.37. The monoisotopic (exact) mass is 230 g/mol. The minimum absolute atomic E-state index is 0.611. The number of hydrogen-bond acceptors (Lipinski definition) is 3. The van der Waals surface area contributed by atoms with Crippen LogP contribution in [0.3, 0.4) is 0 Å². The Morgan fingerprint density at radius 3 is 1.94 bits per heavy atom. The van der Waals surface area contributed by atoms with Gasteiger partial charge in [-0.15, -0.1) is 0 Å². The number of hydrogen-bond donors (Lipinski definition) is 1. The van der Waals surface area contributed by atoms with Gasteiger partial charge in [-0.2, -0.15) is 0 Å². The van der Waals surface area contributed by atoms with Crippen LogP contribution in [0.5, 0.6) is 17.2 Å². The maximum Gasteiger partial charge on any atom is 0.194 e. The fourth-order valence-electron chi connectivity index (χ4n) is 1.41. The van der Waals surface area contributed by atoms with Crippen LogP contribution in [0.1, 0.15) is 6.92 Å². The standard InChI is InChI=1S/C14H14O3/c1-11(15)16-13-7-9-14(10-8-13)17-12-5-3-2-4-6-12/h2-11,15H,1H3. The van der Waals surface area contributed by atoms with Crippen LogP contribution in [0.4, 0.5) is 0 Å². The number of aliphatic hydroxyl groups excluding tert-OH is 1. The summed E-state index contributed by atoms with van der Waals surface area (Å²) in [6, 6.07) is 16.7. The molecule has 1 N–H and O–H groups in total. The molecule has 0 bridgehead atoms. The molecule has 0 fully saturated rings. The summed E-state index contributed by atoms with van der Waals surface area (Å²) in [4.78, 5) is 0. The lowest BCUT2D eigenvalue weighted by Crippen LogP contribution is -2.09. The summed E-state index contributed by atoms with van der Waals surface area (Å²) >= 11 is 0. The Hall–Kier alpha value is -2.00. The molecule has 17 heavy (non-hydrogen) atoms. The predicted molar refractivity (Wildman–Crippen MR) is 65.3 cm³/mol. The largest absolute Gasteiger partial charge is 0.465 e. The lowest BCUT2D eigenvalue weighted by atomic mass is 10.3. The van der Waals surface area contributed by atoms with E-state index in [9.17, 15) is 0 Å². The minimum Gasteiger partial charge on any atom is -0.465 e. The van der Waals surface area contributed by atoms with Crippen molar-refractivity contribution in [3.8, 4) is 17.2 Å². The molecule has 0 aliphatic carbocycles. The molecule has 2 aromatic carbocycles. The number of benzene rings is 2. The zero-order valence-electron chi connectivity index (χ0n) is 9.54. The van der Waals surface area contributed by atoms with Gasteiger partial charge in [0.15, 0.2) is 6.29 Å². The molecule has 0 heterocycles. The maximum absolute atomic E-state index is 9.06. The zero-order chi connectivity index (χ0) is 12.1. The van der Waals surface area contributed by atoms with Gasteiger partial charge < -0.3 is 14.6 Å². The molecule has 1 unspecified atom stereocenters. The van der Waals surface area contributed by atoms with E-state index < -0.39 is 6.29 Å². The molecule has 2 rings (SSSR count). The van der Waals surface area contributed by atoms with Crippen LogP contribution in [-0.2, 0) is 0 Å². The molecule has 2 aromatic rings. The fraction of sp³-hybridized carbons (Fsp3) is 0.143. The molecule has 0 spiro atoms. The average Bonchev–Trinajstić information content (AvgIpc) is 2.32. The second-order valence-corrected chi connectivity index (χ2v) is 3.60. The van der Waals surface area contributed by atoms with Crippen molar-refractivity contribution in [1.29, 1.82) is 0 Å². The minimum atomic E-state index is -0.809. The fourth-order valence-corrected chi connectivity index (χ4v) is 1.41. The van der Waals surface area contributed by atoms with Gasteiger partial charge in [0.2, 0.25) is 0 Å². The van der Waals surface area contributed by atoms with Gasteiger partial charge in [0.25, 0.3) is 0 Å². The van der Waals surface area contributed by atoms with Gasteiger partial charge in [0.05, 0.1) is 0 Å². The maximum atomic E-state index is 9.06. The van der Waals surface area contributed by atoms with E-state index in [2.05, 4.69) is 0 Å². The molecule has 0 aliphatic heterocycles. The van der Waals surface area contributed by atoms with Gasteiger partial charge in [0.1, 0.15) is 17.2 Å². The molecule has 0 amide bonds. The molecule has 0 saturated carbocycles. The first-order valence-corrected chi connectivity index (χ1v) is 5.42. The van der Waals surface area contributed by atoms with Crippen molar-refractivity contribution in [2.75, 3.05) is 0 Å². The van der Waals surface area contributed by atoms with Crippen LogP contribution in [0.15, 0.2) is 54.6 Å². The normalized spacial score (nSPS) is 11.9. The average molecular weight is 230 g/mol. The van der Waals surface area contributed by atoms with E-state index in [-0.39, 0.29) is 0 Å². The summed E-state index contributed by atoms with van der Waals surface area (Å²) in [5.74, 6) is 2.13. The highest BCUT2D eigenvalue weighted by atomic mass is 16.6. The molecular formula is C14H14O3. The summed E-state index contributed by atoms with van der Waals surface area (Å²) in [6.07, 6.45) is -0.809. The second-order valence-electron chi connectivity index (χ2n) is 3.60.